The number of thiazole rings is 1. The first-order chi connectivity index (χ1) is 9.26. The molecule has 3 rings (SSSR count). The number of nitrogens with zero attached hydrogens (tertiary/aromatic N) is 3. The summed E-state index contributed by atoms with van der Waals surface area (Å²) < 4.78 is 1.21. The first-order valence-electron chi connectivity index (χ1n) is 6.21. The lowest BCUT2D eigenvalue weighted by Gasteiger charge is -2.03. The van der Waals surface area contributed by atoms with Gasteiger partial charge in [-0.1, -0.05) is 6.07 Å². The average Bonchev–Trinajstić information content (AvgIpc) is 2.79. The van der Waals surface area contributed by atoms with Gasteiger partial charge in [-0.15, -0.1) is 21.5 Å². The normalized spacial score (nSPS) is 10.8. The topological polar surface area (TPSA) is 50.7 Å². The Labute approximate surface area is 115 Å². The zero-order valence-electron chi connectivity index (χ0n) is 10.8. The van der Waals surface area contributed by atoms with E-state index in [1.165, 1.54) is 4.70 Å². The van der Waals surface area contributed by atoms with Crippen LogP contribution in [0.15, 0.2) is 30.3 Å². The van der Waals surface area contributed by atoms with Gasteiger partial charge in [-0.05, 0) is 38.1 Å². The summed E-state index contributed by atoms with van der Waals surface area (Å²) in [4.78, 5) is 4.50. The van der Waals surface area contributed by atoms with Gasteiger partial charge in [0, 0.05) is 12.1 Å². The molecule has 0 fully saturated rings. The second-order valence-corrected chi connectivity index (χ2v) is 5.48. The van der Waals surface area contributed by atoms with Crippen LogP contribution in [0.3, 0.4) is 0 Å². The first-order valence-corrected chi connectivity index (χ1v) is 7.03. The van der Waals surface area contributed by atoms with Crippen LogP contribution in [0.1, 0.15) is 11.9 Å². The number of benzene rings is 1. The zero-order chi connectivity index (χ0) is 13.2. The molecule has 0 aliphatic rings. The van der Waals surface area contributed by atoms with E-state index in [2.05, 4.69) is 38.7 Å². The van der Waals surface area contributed by atoms with Crippen molar-refractivity contribution in [3.8, 4) is 11.3 Å². The van der Waals surface area contributed by atoms with Crippen molar-refractivity contribution in [1.29, 1.82) is 0 Å². The van der Waals surface area contributed by atoms with E-state index in [0.717, 1.165) is 34.1 Å². The summed E-state index contributed by atoms with van der Waals surface area (Å²) >= 11 is 1.71. The number of aryl methyl sites for hydroxylation is 1. The number of anilines is 1. The van der Waals surface area contributed by atoms with Gasteiger partial charge >= 0.3 is 0 Å². The maximum absolute atomic E-state index is 4.50. The third-order valence-electron chi connectivity index (χ3n) is 2.81. The van der Waals surface area contributed by atoms with E-state index in [4.69, 9.17) is 0 Å². The molecule has 0 aliphatic heterocycles. The van der Waals surface area contributed by atoms with Crippen LogP contribution in [0.5, 0.6) is 0 Å². The fourth-order valence-electron chi connectivity index (χ4n) is 1.96. The van der Waals surface area contributed by atoms with Crippen LogP contribution in [-0.4, -0.2) is 21.7 Å². The Kier molecular flexibility index (Phi) is 3.13. The minimum atomic E-state index is 0.803. The minimum absolute atomic E-state index is 0.803. The molecule has 5 heteroatoms. The van der Waals surface area contributed by atoms with E-state index >= 15 is 0 Å². The summed E-state index contributed by atoms with van der Waals surface area (Å²) in [5, 5.41) is 12.6. The van der Waals surface area contributed by atoms with E-state index in [9.17, 15) is 0 Å². The van der Waals surface area contributed by atoms with Crippen molar-refractivity contribution >= 4 is 27.4 Å². The maximum Gasteiger partial charge on any atom is 0.148 e. The molecule has 0 bridgehead atoms. The highest BCUT2D eigenvalue weighted by Gasteiger charge is 2.05. The van der Waals surface area contributed by atoms with Gasteiger partial charge in [0.15, 0.2) is 0 Å². The first kappa shape index (κ1) is 12.0. The highest BCUT2D eigenvalue weighted by atomic mass is 32.1. The highest BCUT2D eigenvalue weighted by molar-refractivity contribution is 7.18. The Bertz CT molecular complexity index is 703. The van der Waals surface area contributed by atoms with E-state index in [1.54, 1.807) is 11.3 Å². The fourth-order valence-corrected chi connectivity index (χ4v) is 2.77. The Morgan fingerprint density at radius 3 is 2.79 bits per heavy atom. The summed E-state index contributed by atoms with van der Waals surface area (Å²) in [6.07, 6.45) is 0. The fraction of sp³-hybridized carbons (Fsp3) is 0.214. The third kappa shape index (κ3) is 2.42. The summed E-state index contributed by atoms with van der Waals surface area (Å²) in [7, 11) is 0. The molecule has 0 spiro atoms. The Balaban J connectivity index is 1.98. The van der Waals surface area contributed by atoms with Crippen molar-refractivity contribution in [2.75, 3.05) is 11.9 Å². The summed E-state index contributed by atoms with van der Waals surface area (Å²) in [5.41, 5.74) is 2.94. The van der Waals surface area contributed by atoms with E-state index < -0.39 is 0 Å². The van der Waals surface area contributed by atoms with Gasteiger partial charge < -0.3 is 5.32 Å². The van der Waals surface area contributed by atoms with Crippen molar-refractivity contribution in [2.45, 2.75) is 13.8 Å². The number of nitrogens with one attached hydrogen (secondary N) is 1. The smallest absolute Gasteiger partial charge is 0.148 e. The largest absolute Gasteiger partial charge is 0.369 e. The SMILES string of the molecule is CCNc1ccc(-c2ccc3sc(C)nc3c2)nn1. The van der Waals surface area contributed by atoms with Crippen LogP contribution in [0.2, 0.25) is 0 Å². The van der Waals surface area contributed by atoms with Crippen molar-refractivity contribution in [1.82, 2.24) is 15.2 Å². The molecule has 2 aromatic heterocycles. The van der Waals surface area contributed by atoms with Crippen LogP contribution >= 0.6 is 11.3 Å². The third-order valence-corrected chi connectivity index (χ3v) is 3.76. The predicted molar refractivity (Wildman–Crippen MR) is 79.5 cm³/mol. The molecule has 4 nitrogen and oxygen atoms in total. The second-order valence-electron chi connectivity index (χ2n) is 4.25. The summed E-state index contributed by atoms with van der Waals surface area (Å²) in [5.74, 6) is 0.803. The molecule has 0 atom stereocenters. The molecule has 0 unspecified atom stereocenters. The quantitative estimate of drug-likeness (QED) is 0.791. The van der Waals surface area contributed by atoms with Crippen molar-refractivity contribution in [3.05, 3.63) is 35.3 Å². The molecule has 0 radical (unpaired) electrons. The average molecular weight is 270 g/mol. The summed E-state index contributed by atoms with van der Waals surface area (Å²) in [6.45, 7) is 4.90. The number of aromatic nitrogens is 3. The van der Waals surface area contributed by atoms with Crippen LogP contribution in [-0.2, 0) is 0 Å². The molecular weight excluding hydrogens is 256 g/mol. The van der Waals surface area contributed by atoms with E-state index in [0.29, 0.717) is 0 Å². The molecule has 96 valence electrons. The van der Waals surface area contributed by atoms with Gasteiger partial charge in [-0.3, -0.25) is 0 Å². The van der Waals surface area contributed by atoms with Gasteiger partial charge in [0.25, 0.3) is 0 Å². The van der Waals surface area contributed by atoms with Gasteiger partial charge in [0.1, 0.15) is 5.82 Å². The minimum Gasteiger partial charge on any atom is -0.369 e. The molecule has 0 aliphatic carbocycles. The van der Waals surface area contributed by atoms with Crippen LogP contribution < -0.4 is 5.32 Å². The molecular formula is C14H14N4S. The Morgan fingerprint density at radius 2 is 2.05 bits per heavy atom. The zero-order valence-corrected chi connectivity index (χ0v) is 11.7. The molecule has 1 N–H and O–H groups in total. The number of rotatable bonds is 3. The lowest BCUT2D eigenvalue weighted by atomic mass is 10.1. The van der Waals surface area contributed by atoms with E-state index in [-0.39, 0.29) is 0 Å². The standard InChI is InChI=1S/C14H14N4S/c1-3-15-14-7-5-11(17-18-14)10-4-6-13-12(8-10)16-9(2)19-13/h4-8H,3H2,1-2H3,(H,15,18). The van der Waals surface area contributed by atoms with Crippen LogP contribution in [0.4, 0.5) is 5.82 Å². The van der Waals surface area contributed by atoms with Gasteiger partial charge in [-0.2, -0.15) is 0 Å². The van der Waals surface area contributed by atoms with Gasteiger partial charge in [0.05, 0.1) is 20.9 Å². The van der Waals surface area contributed by atoms with Crippen molar-refractivity contribution in [2.24, 2.45) is 0 Å². The molecule has 3 aromatic rings. The Morgan fingerprint density at radius 1 is 1.16 bits per heavy atom. The highest BCUT2D eigenvalue weighted by Crippen LogP contribution is 2.26. The summed E-state index contributed by atoms with van der Waals surface area (Å²) in [6, 6.07) is 10.1. The second kappa shape index (κ2) is 4.93. The molecule has 19 heavy (non-hydrogen) atoms. The van der Waals surface area contributed by atoms with Gasteiger partial charge in [0.2, 0.25) is 0 Å². The maximum atomic E-state index is 4.50. The number of hydrogen-bond donors (Lipinski definition) is 1. The van der Waals surface area contributed by atoms with Crippen molar-refractivity contribution < 1.29 is 0 Å². The molecule has 0 saturated heterocycles. The van der Waals surface area contributed by atoms with Crippen LogP contribution in [0.25, 0.3) is 21.5 Å². The lowest BCUT2D eigenvalue weighted by molar-refractivity contribution is 1.02. The molecule has 2 heterocycles. The Hall–Kier alpha value is -2.01. The molecule has 0 saturated carbocycles. The number of hydrogen-bond acceptors (Lipinski definition) is 5. The molecule has 1 aromatic carbocycles. The van der Waals surface area contributed by atoms with Crippen molar-refractivity contribution in [3.63, 3.8) is 0 Å². The lowest BCUT2D eigenvalue weighted by Crippen LogP contribution is -2.00. The molecule has 0 amide bonds. The van der Waals surface area contributed by atoms with Crippen LogP contribution in [0, 0.1) is 6.92 Å². The van der Waals surface area contributed by atoms with Gasteiger partial charge in [-0.25, -0.2) is 4.98 Å². The predicted octanol–water partition coefficient (Wildman–Crippen LogP) is 3.49. The monoisotopic (exact) mass is 270 g/mol. The number of fused-ring (bicyclic) bond motifs is 1. The van der Waals surface area contributed by atoms with E-state index in [1.807, 2.05) is 26.0 Å².